The molecule has 0 saturated heterocycles. The van der Waals surface area contributed by atoms with Gasteiger partial charge in [-0.1, -0.05) is 60.3 Å². The molecular formula is C25H21NO3S. The average molecular weight is 416 g/mol. The summed E-state index contributed by atoms with van der Waals surface area (Å²) >= 11 is 1.32. The SMILES string of the molecule is CCOc1ccc(C2=C(Sc3ccccc3)C(=O)N(c3ccccc3C)C2=O)cc1. The molecule has 0 saturated carbocycles. The number of imide groups is 1. The first kappa shape index (κ1) is 20.0. The fourth-order valence-corrected chi connectivity index (χ4v) is 4.40. The van der Waals surface area contributed by atoms with Gasteiger partial charge in [0.15, 0.2) is 0 Å². The quantitative estimate of drug-likeness (QED) is 0.501. The molecule has 30 heavy (non-hydrogen) atoms. The molecule has 0 bridgehead atoms. The molecule has 150 valence electrons. The molecule has 0 unspecified atom stereocenters. The summed E-state index contributed by atoms with van der Waals surface area (Å²) in [6, 6.07) is 24.4. The second-order valence-corrected chi connectivity index (χ2v) is 7.89. The fraction of sp³-hybridized carbons (Fsp3) is 0.120. The molecule has 1 aliphatic rings. The van der Waals surface area contributed by atoms with Gasteiger partial charge in [0.2, 0.25) is 0 Å². The Hall–Kier alpha value is -3.31. The predicted octanol–water partition coefficient (Wildman–Crippen LogP) is 5.47. The molecular weight excluding hydrogens is 394 g/mol. The third-order valence-electron chi connectivity index (χ3n) is 4.81. The minimum Gasteiger partial charge on any atom is -0.494 e. The number of aryl methyl sites for hydroxylation is 1. The van der Waals surface area contributed by atoms with E-state index in [4.69, 9.17) is 4.74 Å². The minimum atomic E-state index is -0.308. The second kappa shape index (κ2) is 8.59. The Balaban J connectivity index is 1.80. The highest BCUT2D eigenvalue weighted by molar-refractivity contribution is 8.04. The van der Waals surface area contributed by atoms with Gasteiger partial charge in [0.25, 0.3) is 11.8 Å². The molecule has 1 heterocycles. The van der Waals surface area contributed by atoms with Gasteiger partial charge >= 0.3 is 0 Å². The summed E-state index contributed by atoms with van der Waals surface area (Å²) in [6.07, 6.45) is 0. The van der Waals surface area contributed by atoms with Crippen LogP contribution in [0.2, 0.25) is 0 Å². The summed E-state index contributed by atoms with van der Waals surface area (Å²) < 4.78 is 5.52. The molecule has 5 heteroatoms. The van der Waals surface area contributed by atoms with Gasteiger partial charge in [-0.3, -0.25) is 9.59 Å². The first-order valence-electron chi connectivity index (χ1n) is 9.75. The summed E-state index contributed by atoms with van der Waals surface area (Å²) in [6.45, 7) is 4.38. The first-order valence-corrected chi connectivity index (χ1v) is 10.6. The van der Waals surface area contributed by atoms with Crippen molar-refractivity contribution in [3.05, 3.63) is 94.9 Å². The van der Waals surface area contributed by atoms with Crippen molar-refractivity contribution in [1.82, 2.24) is 0 Å². The van der Waals surface area contributed by atoms with Crippen molar-refractivity contribution in [2.24, 2.45) is 0 Å². The lowest BCUT2D eigenvalue weighted by atomic mass is 10.1. The lowest BCUT2D eigenvalue weighted by molar-refractivity contribution is -0.119. The molecule has 0 aromatic heterocycles. The van der Waals surface area contributed by atoms with Crippen molar-refractivity contribution >= 4 is 34.8 Å². The van der Waals surface area contributed by atoms with Crippen LogP contribution in [-0.2, 0) is 9.59 Å². The zero-order valence-corrected chi connectivity index (χ0v) is 17.6. The summed E-state index contributed by atoms with van der Waals surface area (Å²) in [5, 5.41) is 0. The normalized spacial score (nSPS) is 13.9. The molecule has 0 atom stereocenters. The van der Waals surface area contributed by atoms with Crippen LogP contribution in [0.25, 0.3) is 5.57 Å². The highest BCUT2D eigenvalue weighted by Gasteiger charge is 2.40. The number of thioether (sulfide) groups is 1. The van der Waals surface area contributed by atoms with Gasteiger partial charge < -0.3 is 4.74 Å². The Morgan fingerprint density at radius 1 is 0.833 bits per heavy atom. The highest BCUT2D eigenvalue weighted by atomic mass is 32.2. The van der Waals surface area contributed by atoms with Gasteiger partial charge in [-0.25, -0.2) is 4.90 Å². The lowest BCUT2D eigenvalue weighted by Gasteiger charge is -2.17. The van der Waals surface area contributed by atoms with Crippen LogP contribution < -0.4 is 9.64 Å². The van der Waals surface area contributed by atoms with Crippen molar-refractivity contribution in [2.75, 3.05) is 11.5 Å². The maximum Gasteiger partial charge on any atom is 0.272 e. The van der Waals surface area contributed by atoms with Crippen molar-refractivity contribution in [2.45, 2.75) is 18.7 Å². The Morgan fingerprint density at radius 3 is 2.17 bits per heavy atom. The molecule has 0 N–H and O–H groups in total. The number of para-hydroxylation sites is 1. The maximum absolute atomic E-state index is 13.5. The van der Waals surface area contributed by atoms with Gasteiger partial charge in [0, 0.05) is 4.90 Å². The lowest BCUT2D eigenvalue weighted by Crippen LogP contribution is -2.31. The average Bonchev–Trinajstić information content (AvgIpc) is 3.00. The van der Waals surface area contributed by atoms with Gasteiger partial charge in [-0.2, -0.15) is 0 Å². The van der Waals surface area contributed by atoms with Gasteiger partial charge in [0.05, 0.1) is 22.8 Å². The molecule has 1 aliphatic heterocycles. The Labute approximate surface area is 180 Å². The van der Waals surface area contributed by atoms with Crippen molar-refractivity contribution in [3.63, 3.8) is 0 Å². The van der Waals surface area contributed by atoms with Gasteiger partial charge in [-0.05, 0) is 55.3 Å². The van der Waals surface area contributed by atoms with Crippen LogP contribution in [0.3, 0.4) is 0 Å². The van der Waals surface area contributed by atoms with Crippen LogP contribution in [0, 0.1) is 6.92 Å². The number of benzene rings is 3. The van der Waals surface area contributed by atoms with Crippen LogP contribution in [0.5, 0.6) is 5.75 Å². The number of carbonyl (C=O) groups excluding carboxylic acids is 2. The standard InChI is InChI=1S/C25H21NO3S/c1-3-29-19-15-13-18(14-16-19)22-23(30-20-10-5-4-6-11-20)25(28)26(24(22)27)21-12-8-7-9-17(21)2/h4-16H,3H2,1-2H3. The summed E-state index contributed by atoms with van der Waals surface area (Å²) in [4.78, 5) is 29.5. The Kier molecular flexibility index (Phi) is 5.72. The topological polar surface area (TPSA) is 46.6 Å². The van der Waals surface area contributed by atoms with E-state index in [0.717, 1.165) is 16.2 Å². The molecule has 0 fully saturated rings. The van der Waals surface area contributed by atoms with E-state index in [1.54, 1.807) is 6.07 Å². The van der Waals surface area contributed by atoms with E-state index in [1.807, 2.05) is 86.6 Å². The van der Waals surface area contributed by atoms with E-state index in [0.29, 0.717) is 28.3 Å². The van der Waals surface area contributed by atoms with E-state index < -0.39 is 0 Å². The third kappa shape index (κ3) is 3.76. The van der Waals surface area contributed by atoms with Crippen LogP contribution in [-0.4, -0.2) is 18.4 Å². The van der Waals surface area contributed by atoms with E-state index in [2.05, 4.69) is 0 Å². The van der Waals surface area contributed by atoms with Gasteiger partial charge in [0.1, 0.15) is 5.75 Å². The van der Waals surface area contributed by atoms with E-state index in [9.17, 15) is 9.59 Å². The van der Waals surface area contributed by atoms with E-state index in [-0.39, 0.29) is 11.8 Å². The number of carbonyl (C=O) groups is 2. The monoisotopic (exact) mass is 415 g/mol. The zero-order chi connectivity index (χ0) is 21.1. The smallest absolute Gasteiger partial charge is 0.272 e. The largest absolute Gasteiger partial charge is 0.494 e. The van der Waals surface area contributed by atoms with Crippen LogP contribution in [0.15, 0.2) is 88.7 Å². The number of amides is 2. The number of ether oxygens (including phenoxy) is 1. The maximum atomic E-state index is 13.5. The Bertz CT molecular complexity index is 1120. The predicted molar refractivity (Wildman–Crippen MR) is 121 cm³/mol. The molecule has 0 spiro atoms. The molecule has 0 aliphatic carbocycles. The molecule has 4 nitrogen and oxygen atoms in total. The van der Waals surface area contributed by atoms with E-state index in [1.165, 1.54) is 16.7 Å². The number of hydrogen-bond acceptors (Lipinski definition) is 4. The highest BCUT2D eigenvalue weighted by Crippen LogP contribution is 2.42. The van der Waals surface area contributed by atoms with Crippen molar-refractivity contribution < 1.29 is 14.3 Å². The minimum absolute atomic E-state index is 0.299. The molecule has 4 rings (SSSR count). The second-order valence-electron chi connectivity index (χ2n) is 6.81. The zero-order valence-electron chi connectivity index (χ0n) is 16.8. The number of anilines is 1. The summed E-state index contributed by atoms with van der Waals surface area (Å²) in [7, 11) is 0. The van der Waals surface area contributed by atoms with Crippen LogP contribution >= 0.6 is 11.8 Å². The first-order chi connectivity index (χ1) is 14.6. The number of hydrogen-bond donors (Lipinski definition) is 0. The van der Waals surface area contributed by atoms with Crippen LogP contribution in [0.1, 0.15) is 18.1 Å². The number of nitrogens with zero attached hydrogens (tertiary/aromatic N) is 1. The molecule has 3 aromatic rings. The van der Waals surface area contributed by atoms with Crippen molar-refractivity contribution in [3.8, 4) is 5.75 Å². The fourth-order valence-electron chi connectivity index (χ4n) is 3.38. The van der Waals surface area contributed by atoms with Gasteiger partial charge in [-0.15, -0.1) is 0 Å². The van der Waals surface area contributed by atoms with E-state index >= 15 is 0 Å². The molecule has 3 aromatic carbocycles. The molecule has 0 radical (unpaired) electrons. The Morgan fingerprint density at radius 2 is 1.50 bits per heavy atom. The molecule has 2 amide bonds. The summed E-state index contributed by atoms with van der Waals surface area (Å²) in [5.41, 5.74) is 2.60. The third-order valence-corrected chi connectivity index (χ3v) is 5.91. The van der Waals surface area contributed by atoms with Crippen molar-refractivity contribution in [1.29, 1.82) is 0 Å². The summed E-state index contributed by atoms with van der Waals surface area (Å²) in [5.74, 6) is 0.121. The van der Waals surface area contributed by atoms with Crippen LogP contribution in [0.4, 0.5) is 5.69 Å². The number of rotatable bonds is 6.